The van der Waals surface area contributed by atoms with Crippen molar-refractivity contribution in [1.82, 2.24) is 24.7 Å². The minimum absolute atomic E-state index is 0.331. The van der Waals surface area contributed by atoms with Crippen LogP contribution in [0.5, 0.6) is 0 Å². The number of carbonyl (C=O) groups excluding carboxylic acids is 1. The van der Waals surface area contributed by atoms with Gasteiger partial charge in [0.1, 0.15) is 26.9 Å². The first-order chi connectivity index (χ1) is 13.6. The molecule has 4 aromatic rings. The van der Waals surface area contributed by atoms with Crippen LogP contribution in [0.15, 0.2) is 46.8 Å². The third kappa shape index (κ3) is 3.27. The number of ether oxygens (including phenoxy) is 1. The van der Waals surface area contributed by atoms with Gasteiger partial charge in [-0.1, -0.05) is 18.2 Å². The van der Waals surface area contributed by atoms with Gasteiger partial charge < -0.3 is 4.74 Å². The molecule has 4 rings (SSSR count). The van der Waals surface area contributed by atoms with E-state index in [9.17, 15) is 4.79 Å². The molecule has 0 aliphatic rings. The van der Waals surface area contributed by atoms with Crippen molar-refractivity contribution in [1.29, 1.82) is 0 Å². The molecule has 0 radical (unpaired) electrons. The van der Waals surface area contributed by atoms with Crippen molar-refractivity contribution in [3.8, 4) is 5.69 Å². The summed E-state index contributed by atoms with van der Waals surface area (Å²) in [7, 11) is 0. The lowest BCUT2D eigenvalue weighted by molar-refractivity contribution is 0.0531. The number of carbonyl (C=O) groups is 1. The zero-order valence-corrected chi connectivity index (χ0v) is 17.2. The van der Waals surface area contributed by atoms with Gasteiger partial charge in [-0.2, -0.15) is 0 Å². The number of benzene rings is 1. The molecule has 142 valence electrons. The van der Waals surface area contributed by atoms with Crippen molar-refractivity contribution in [3.63, 3.8) is 0 Å². The Morgan fingerprint density at radius 3 is 2.71 bits per heavy atom. The molecule has 3 aromatic heterocycles. The van der Waals surface area contributed by atoms with Crippen molar-refractivity contribution in [3.05, 3.63) is 52.9 Å². The molecule has 9 heteroatoms. The summed E-state index contributed by atoms with van der Waals surface area (Å²) in [6.45, 7) is 5.93. The number of hydrogen-bond donors (Lipinski definition) is 0. The Bertz CT molecular complexity index is 1150. The van der Waals surface area contributed by atoms with Gasteiger partial charge in [0.2, 0.25) is 5.16 Å². The van der Waals surface area contributed by atoms with Gasteiger partial charge in [-0.3, -0.25) is 4.57 Å². The molecule has 0 saturated carbocycles. The Hall–Kier alpha value is -2.78. The zero-order chi connectivity index (χ0) is 19.7. The van der Waals surface area contributed by atoms with Crippen LogP contribution in [0.25, 0.3) is 15.9 Å². The van der Waals surface area contributed by atoms with Gasteiger partial charge in [0.25, 0.3) is 0 Å². The zero-order valence-electron chi connectivity index (χ0n) is 15.5. The van der Waals surface area contributed by atoms with Gasteiger partial charge in [-0.15, -0.1) is 21.5 Å². The number of aromatic nitrogens is 5. The predicted molar refractivity (Wildman–Crippen MR) is 108 cm³/mol. The molecular formula is C19H17N5O2S2. The highest BCUT2D eigenvalue weighted by molar-refractivity contribution is 7.99. The summed E-state index contributed by atoms with van der Waals surface area (Å²) in [4.78, 5) is 22.3. The molecule has 0 amide bonds. The average molecular weight is 412 g/mol. The summed E-state index contributed by atoms with van der Waals surface area (Å²) in [5.74, 6) is 0.454. The van der Waals surface area contributed by atoms with Crippen LogP contribution in [-0.4, -0.2) is 37.3 Å². The molecule has 0 unspecified atom stereocenters. The van der Waals surface area contributed by atoms with Crippen LogP contribution in [0.2, 0.25) is 0 Å². The largest absolute Gasteiger partial charge is 0.462 e. The van der Waals surface area contributed by atoms with E-state index in [1.807, 2.05) is 48.7 Å². The highest BCUT2D eigenvalue weighted by Gasteiger charge is 2.22. The second-order valence-corrected chi connectivity index (χ2v) is 7.89. The first-order valence-corrected chi connectivity index (χ1v) is 10.3. The number of thiophene rings is 1. The van der Waals surface area contributed by atoms with Crippen LogP contribution in [0.4, 0.5) is 0 Å². The van der Waals surface area contributed by atoms with Crippen molar-refractivity contribution in [2.75, 3.05) is 6.61 Å². The lowest BCUT2D eigenvalue weighted by atomic mass is 10.2. The number of nitrogens with zero attached hydrogens (tertiary/aromatic N) is 5. The van der Waals surface area contributed by atoms with E-state index in [1.165, 1.54) is 29.4 Å². The highest BCUT2D eigenvalue weighted by Crippen LogP contribution is 2.38. The van der Waals surface area contributed by atoms with Gasteiger partial charge >= 0.3 is 5.97 Å². The number of para-hydroxylation sites is 1. The summed E-state index contributed by atoms with van der Waals surface area (Å²) >= 11 is 2.73. The van der Waals surface area contributed by atoms with Crippen molar-refractivity contribution in [2.45, 2.75) is 31.0 Å². The van der Waals surface area contributed by atoms with Crippen LogP contribution in [-0.2, 0) is 4.74 Å². The van der Waals surface area contributed by atoms with E-state index in [4.69, 9.17) is 4.74 Å². The molecule has 0 spiro atoms. The fourth-order valence-corrected chi connectivity index (χ4v) is 5.02. The third-order valence-corrected chi connectivity index (χ3v) is 6.28. The Balaban J connectivity index is 1.79. The van der Waals surface area contributed by atoms with Gasteiger partial charge in [-0.25, -0.2) is 14.8 Å². The molecule has 0 atom stereocenters. The quantitative estimate of drug-likeness (QED) is 0.359. The fourth-order valence-electron chi connectivity index (χ4n) is 2.88. The second kappa shape index (κ2) is 7.69. The molecule has 0 bridgehead atoms. The predicted octanol–water partition coefficient (Wildman–Crippen LogP) is 4.22. The maximum Gasteiger partial charge on any atom is 0.348 e. The lowest BCUT2D eigenvalue weighted by Crippen LogP contribution is -2.03. The summed E-state index contributed by atoms with van der Waals surface area (Å²) in [6.07, 6.45) is 1.51. The normalized spacial score (nSPS) is 11.1. The van der Waals surface area contributed by atoms with Crippen molar-refractivity contribution >= 4 is 39.3 Å². The van der Waals surface area contributed by atoms with Crippen LogP contribution in [0.3, 0.4) is 0 Å². The second-order valence-electron chi connectivity index (χ2n) is 5.94. The molecule has 3 heterocycles. The fraction of sp³-hybridized carbons (Fsp3) is 0.211. The lowest BCUT2D eigenvalue weighted by Gasteiger charge is -2.08. The molecule has 28 heavy (non-hydrogen) atoms. The standard InChI is InChI=1S/C19H17N5O2S2/c1-4-26-18(25)15-11(2)14-16(27-15)20-10-21-17(14)28-19-23-22-12(3)24(19)13-8-6-5-7-9-13/h5-10H,4H2,1-3H3. The number of rotatable bonds is 5. The van der Waals surface area contributed by atoms with Crippen LogP contribution >= 0.6 is 23.1 Å². The number of hydrogen-bond acceptors (Lipinski definition) is 8. The van der Waals surface area contributed by atoms with Crippen LogP contribution in [0, 0.1) is 13.8 Å². The molecule has 0 aliphatic heterocycles. The van der Waals surface area contributed by atoms with Gasteiger partial charge in [0, 0.05) is 11.1 Å². The Kier molecular flexibility index (Phi) is 5.10. The van der Waals surface area contributed by atoms with E-state index in [1.54, 1.807) is 6.92 Å². The van der Waals surface area contributed by atoms with Crippen LogP contribution in [0.1, 0.15) is 28.0 Å². The van der Waals surface area contributed by atoms with Gasteiger partial charge in [0.05, 0.1) is 6.61 Å². The minimum Gasteiger partial charge on any atom is -0.462 e. The van der Waals surface area contributed by atoms with E-state index in [0.29, 0.717) is 16.6 Å². The minimum atomic E-state index is -0.331. The Morgan fingerprint density at radius 2 is 1.96 bits per heavy atom. The maximum atomic E-state index is 12.3. The first-order valence-electron chi connectivity index (χ1n) is 8.66. The van der Waals surface area contributed by atoms with E-state index >= 15 is 0 Å². The topological polar surface area (TPSA) is 82.8 Å². The summed E-state index contributed by atoms with van der Waals surface area (Å²) in [6, 6.07) is 9.92. The SMILES string of the molecule is CCOC(=O)c1sc2ncnc(Sc3nnc(C)n3-c3ccccc3)c2c1C. The van der Waals surface area contributed by atoms with Crippen molar-refractivity contribution < 1.29 is 9.53 Å². The van der Waals surface area contributed by atoms with Crippen molar-refractivity contribution in [2.24, 2.45) is 0 Å². The number of aryl methyl sites for hydroxylation is 2. The molecular weight excluding hydrogens is 394 g/mol. The first kappa shape index (κ1) is 18.6. The van der Waals surface area contributed by atoms with Gasteiger partial charge in [0.15, 0.2) is 0 Å². The van der Waals surface area contributed by atoms with E-state index in [2.05, 4.69) is 20.2 Å². The molecule has 0 N–H and O–H groups in total. The van der Waals surface area contributed by atoms with Crippen LogP contribution < -0.4 is 0 Å². The van der Waals surface area contributed by atoms with E-state index < -0.39 is 0 Å². The van der Waals surface area contributed by atoms with Gasteiger partial charge in [-0.05, 0) is 50.2 Å². The summed E-state index contributed by atoms with van der Waals surface area (Å²) < 4.78 is 7.15. The molecule has 7 nitrogen and oxygen atoms in total. The third-order valence-electron chi connectivity index (χ3n) is 4.15. The average Bonchev–Trinajstić information content (AvgIpc) is 3.23. The van der Waals surface area contributed by atoms with E-state index in [-0.39, 0.29) is 5.97 Å². The molecule has 0 saturated heterocycles. The molecule has 0 aliphatic carbocycles. The smallest absolute Gasteiger partial charge is 0.348 e. The summed E-state index contributed by atoms with van der Waals surface area (Å²) in [5.41, 5.74) is 1.80. The monoisotopic (exact) mass is 411 g/mol. The molecule has 0 fully saturated rings. The maximum absolute atomic E-state index is 12.3. The Morgan fingerprint density at radius 1 is 1.18 bits per heavy atom. The van der Waals surface area contributed by atoms with E-state index in [0.717, 1.165) is 32.3 Å². The molecule has 1 aromatic carbocycles. The summed E-state index contributed by atoms with van der Waals surface area (Å²) in [5, 5.41) is 10.8. The number of fused-ring (bicyclic) bond motifs is 1. The highest BCUT2D eigenvalue weighted by atomic mass is 32.2. The number of esters is 1. The Labute approximate surface area is 169 Å².